The van der Waals surface area contributed by atoms with Gasteiger partial charge in [0.25, 0.3) is 0 Å². The number of ether oxygens (including phenoxy) is 1. The third-order valence-electron chi connectivity index (χ3n) is 3.45. The number of hydrogen-bond acceptors (Lipinski definition) is 1. The number of para-hydroxylation sites is 1. The van der Waals surface area contributed by atoms with Gasteiger partial charge in [-0.2, -0.15) is 0 Å². The van der Waals surface area contributed by atoms with Crippen molar-refractivity contribution in [1.82, 2.24) is 0 Å². The van der Waals surface area contributed by atoms with E-state index >= 15 is 0 Å². The van der Waals surface area contributed by atoms with E-state index < -0.39 is 0 Å². The molecule has 1 atom stereocenters. The van der Waals surface area contributed by atoms with E-state index in [1.54, 1.807) is 7.11 Å². The van der Waals surface area contributed by atoms with Crippen LogP contribution in [0.15, 0.2) is 42.5 Å². The van der Waals surface area contributed by atoms with Gasteiger partial charge in [-0.05, 0) is 48.6 Å². The van der Waals surface area contributed by atoms with Crippen molar-refractivity contribution in [3.05, 3.63) is 64.7 Å². The standard InChI is InChI=1S/C17H19BrO/c1-12-7-6-8-13(2)17(12)15(18)11-14-9-4-5-10-16(14)19-3/h4-10,15H,11H2,1-3H3. The molecule has 2 heteroatoms. The van der Waals surface area contributed by atoms with Crippen LogP contribution in [0.1, 0.15) is 27.1 Å². The van der Waals surface area contributed by atoms with Gasteiger partial charge in [0.2, 0.25) is 0 Å². The van der Waals surface area contributed by atoms with Crippen molar-refractivity contribution in [2.45, 2.75) is 25.1 Å². The summed E-state index contributed by atoms with van der Waals surface area (Å²) in [4.78, 5) is 0.310. The SMILES string of the molecule is COc1ccccc1CC(Br)c1c(C)cccc1C. The lowest BCUT2D eigenvalue weighted by molar-refractivity contribution is 0.409. The second-order valence-corrected chi connectivity index (χ2v) is 5.89. The zero-order chi connectivity index (χ0) is 13.8. The van der Waals surface area contributed by atoms with Gasteiger partial charge in [0, 0.05) is 4.83 Å². The Morgan fingerprint density at radius 1 is 1.00 bits per heavy atom. The fourth-order valence-electron chi connectivity index (χ4n) is 2.49. The Balaban J connectivity index is 2.28. The molecule has 0 aromatic heterocycles. The molecule has 0 amide bonds. The summed E-state index contributed by atoms with van der Waals surface area (Å²) in [6.45, 7) is 4.33. The average Bonchev–Trinajstić information content (AvgIpc) is 2.39. The molecule has 0 spiro atoms. The van der Waals surface area contributed by atoms with Crippen LogP contribution in [0.25, 0.3) is 0 Å². The van der Waals surface area contributed by atoms with Crippen molar-refractivity contribution < 1.29 is 4.74 Å². The minimum atomic E-state index is 0.310. The first-order valence-corrected chi connectivity index (χ1v) is 7.37. The highest BCUT2D eigenvalue weighted by atomic mass is 79.9. The quantitative estimate of drug-likeness (QED) is 0.721. The molecule has 100 valence electrons. The third kappa shape index (κ3) is 3.19. The molecule has 0 aliphatic rings. The highest BCUT2D eigenvalue weighted by Crippen LogP contribution is 2.34. The van der Waals surface area contributed by atoms with Crippen LogP contribution in [0, 0.1) is 13.8 Å². The van der Waals surface area contributed by atoms with Gasteiger partial charge in [-0.25, -0.2) is 0 Å². The zero-order valence-corrected chi connectivity index (χ0v) is 13.2. The number of methoxy groups -OCH3 is 1. The Morgan fingerprint density at radius 3 is 2.26 bits per heavy atom. The first kappa shape index (κ1) is 14.1. The van der Waals surface area contributed by atoms with E-state index in [9.17, 15) is 0 Å². The van der Waals surface area contributed by atoms with Crippen molar-refractivity contribution in [2.75, 3.05) is 7.11 Å². The van der Waals surface area contributed by atoms with Crippen LogP contribution < -0.4 is 4.74 Å². The van der Waals surface area contributed by atoms with Gasteiger partial charge in [0.05, 0.1) is 7.11 Å². The summed E-state index contributed by atoms with van der Waals surface area (Å²) in [6, 6.07) is 14.6. The Kier molecular flexibility index (Phi) is 4.65. The van der Waals surface area contributed by atoms with Crippen LogP contribution in [-0.4, -0.2) is 7.11 Å². The molecule has 0 bridgehead atoms. The molecule has 2 aromatic carbocycles. The molecule has 2 aromatic rings. The van der Waals surface area contributed by atoms with E-state index in [1.165, 1.54) is 22.3 Å². The van der Waals surface area contributed by atoms with Crippen molar-refractivity contribution in [2.24, 2.45) is 0 Å². The molecule has 0 aliphatic heterocycles. The molecule has 0 aliphatic carbocycles. The van der Waals surface area contributed by atoms with Gasteiger partial charge >= 0.3 is 0 Å². The van der Waals surface area contributed by atoms with Crippen molar-refractivity contribution in [3.63, 3.8) is 0 Å². The summed E-state index contributed by atoms with van der Waals surface area (Å²) in [7, 11) is 1.72. The molecule has 0 saturated heterocycles. The molecule has 0 radical (unpaired) electrons. The van der Waals surface area contributed by atoms with Gasteiger partial charge in [-0.3, -0.25) is 0 Å². The molecular formula is C17H19BrO. The summed E-state index contributed by atoms with van der Waals surface area (Å²) in [5.74, 6) is 0.957. The van der Waals surface area contributed by atoms with Crippen molar-refractivity contribution >= 4 is 15.9 Å². The first-order chi connectivity index (χ1) is 9.13. The van der Waals surface area contributed by atoms with Crippen LogP contribution in [0.5, 0.6) is 5.75 Å². The Labute approximate surface area is 123 Å². The summed E-state index contributed by atoms with van der Waals surface area (Å²) in [5, 5.41) is 0. The van der Waals surface area contributed by atoms with Gasteiger partial charge in [-0.1, -0.05) is 52.3 Å². The highest BCUT2D eigenvalue weighted by molar-refractivity contribution is 9.09. The largest absolute Gasteiger partial charge is 0.496 e. The second kappa shape index (κ2) is 6.25. The summed E-state index contributed by atoms with van der Waals surface area (Å²) in [6.07, 6.45) is 0.926. The predicted molar refractivity (Wildman–Crippen MR) is 84.3 cm³/mol. The molecule has 0 fully saturated rings. The van der Waals surface area contributed by atoms with Crippen molar-refractivity contribution in [1.29, 1.82) is 0 Å². The first-order valence-electron chi connectivity index (χ1n) is 6.45. The van der Waals surface area contributed by atoms with Crippen LogP contribution in [0.2, 0.25) is 0 Å². The number of alkyl halides is 1. The summed E-state index contributed by atoms with van der Waals surface area (Å²) in [5.41, 5.74) is 5.27. The fraction of sp³-hybridized carbons (Fsp3) is 0.294. The molecule has 1 unspecified atom stereocenters. The van der Waals surface area contributed by atoms with Gasteiger partial charge in [0.1, 0.15) is 5.75 Å². The van der Waals surface area contributed by atoms with E-state index in [1.807, 2.05) is 12.1 Å². The molecular weight excluding hydrogens is 300 g/mol. The molecule has 0 saturated carbocycles. The van der Waals surface area contributed by atoms with Gasteiger partial charge in [-0.15, -0.1) is 0 Å². The summed E-state index contributed by atoms with van der Waals surface area (Å²) >= 11 is 3.83. The predicted octanol–water partition coefficient (Wildman–Crippen LogP) is 4.99. The maximum absolute atomic E-state index is 5.42. The number of halogens is 1. The number of benzene rings is 2. The van der Waals surface area contributed by atoms with Crippen LogP contribution in [0.4, 0.5) is 0 Å². The van der Waals surface area contributed by atoms with E-state index in [-0.39, 0.29) is 0 Å². The third-order valence-corrected chi connectivity index (χ3v) is 4.23. The molecule has 2 rings (SSSR count). The van der Waals surface area contributed by atoms with E-state index in [4.69, 9.17) is 4.74 Å². The zero-order valence-electron chi connectivity index (χ0n) is 11.6. The minimum absolute atomic E-state index is 0.310. The maximum atomic E-state index is 5.42. The number of rotatable bonds is 4. The highest BCUT2D eigenvalue weighted by Gasteiger charge is 2.15. The lowest BCUT2D eigenvalue weighted by Gasteiger charge is -2.17. The average molecular weight is 319 g/mol. The van der Waals surface area contributed by atoms with Crippen LogP contribution in [-0.2, 0) is 6.42 Å². The lowest BCUT2D eigenvalue weighted by atomic mass is 9.96. The molecule has 0 heterocycles. The van der Waals surface area contributed by atoms with E-state index in [0.717, 1.165) is 12.2 Å². The second-order valence-electron chi connectivity index (χ2n) is 4.79. The smallest absolute Gasteiger partial charge is 0.122 e. The normalized spacial score (nSPS) is 12.2. The Morgan fingerprint density at radius 2 is 1.63 bits per heavy atom. The molecule has 19 heavy (non-hydrogen) atoms. The fourth-order valence-corrected chi connectivity index (χ4v) is 3.56. The lowest BCUT2D eigenvalue weighted by Crippen LogP contribution is -2.02. The monoisotopic (exact) mass is 318 g/mol. The van der Waals surface area contributed by atoms with E-state index in [2.05, 4.69) is 60.1 Å². The topological polar surface area (TPSA) is 9.23 Å². The summed E-state index contributed by atoms with van der Waals surface area (Å²) < 4.78 is 5.42. The van der Waals surface area contributed by atoms with E-state index in [0.29, 0.717) is 4.83 Å². The van der Waals surface area contributed by atoms with Crippen LogP contribution >= 0.6 is 15.9 Å². The van der Waals surface area contributed by atoms with Gasteiger partial charge < -0.3 is 4.74 Å². The van der Waals surface area contributed by atoms with Gasteiger partial charge in [0.15, 0.2) is 0 Å². The Bertz CT molecular complexity index is 543. The number of hydrogen-bond donors (Lipinski definition) is 0. The number of aryl methyl sites for hydroxylation is 2. The van der Waals surface area contributed by atoms with Crippen molar-refractivity contribution in [3.8, 4) is 5.75 Å². The molecule has 1 nitrogen and oxygen atoms in total. The van der Waals surface area contributed by atoms with Crippen LogP contribution in [0.3, 0.4) is 0 Å². The molecule has 0 N–H and O–H groups in total. The Hall–Kier alpha value is -1.28. The maximum Gasteiger partial charge on any atom is 0.122 e. The minimum Gasteiger partial charge on any atom is -0.496 e.